The Morgan fingerprint density at radius 2 is 1.67 bits per heavy atom. The molecule has 4 heteroatoms. The summed E-state index contributed by atoms with van der Waals surface area (Å²) in [5.74, 6) is 0. The van der Waals surface area contributed by atoms with Crippen LogP contribution in [0, 0.1) is 0 Å². The van der Waals surface area contributed by atoms with Gasteiger partial charge in [0.05, 0.1) is 28.3 Å². The maximum Gasteiger partial charge on any atom is 0.0909 e. The fourth-order valence-electron chi connectivity index (χ4n) is 1.55. The van der Waals surface area contributed by atoms with Crippen LogP contribution in [0.15, 0.2) is 46.8 Å². The molecule has 0 saturated carbocycles. The van der Waals surface area contributed by atoms with Gasteiger partial charge in [0.15, 0.2) is 0 Å². The van der Waals surface area contributed by atoms with Crippen molar-refractivity contribution in [3.05, 3.63) is 47.5 Å². The Labute approximate surface area is 85.7 Å². The highest BCUT2D eigenvalue weighted by atomic mass is 14.8. The number of fused-ring (bicyclic) bond motifs is 2. The van der Waals surface area contributed by atoms with E-state index in [1.807, 2.05) is 18.2 Å². The highest BCUT2D eigenvalue weighted by Crippen LogP contribution is 2.00. The Hall–Kier alpha value is -2.10. The summed E-state index contributed by atoms with van der Waals surface area (Å²) in [6.45, 7) is 0.669. The molecule has 0 saturated heterocycles. The standard InChI is InChI=1S/C11H8N4/c1-2-12-8-6-10-11(15-5-4-14-10)7-9(8)13-3-1/h1-2,4-7H,3H2. The first-order valence-corrected chi connectivity index (χ1v) is 4.71. The average molecular weight is 196 g/mol. The summed E-state index contributed by atoms with van der Waals surface area (Å²) in [5.41, 5.74) is 1.71. The van der Waals surface area contributed by atoms with Gasteiger partial charge in [0, 0.05) is 18.6 Å². The molecule has 1 aromatic heterocycles. The quantitative estimate of drug-likeness (QED) is 0.612. The zero-order valence-electron chi connectivity index (χ0n) is 7.96. The molecule has 2 heterocycles. The van der Waals surface area contributed by atoms with Crippen molar-refractivity contribution in [1.82, 2.24) is 9.97 Å². The fourth-order valence-corrected chi connectivity index (χ4v) is 1.55. The van der Waals surface area contributed by atoms with Crippen molar-refractivity contribution in [2.75, 3.05) is 6.54 Å². The van der Waals surface area contributed by atoms with Crippen LogP contribution in [0.4, 0.5) is 0 Å². The van der Waals surface area contributed by atoms with E-state index in [1.165, 1.54) is 0 Å². The van der Waals surface area contributed by atoms with Gasteiger partial charge < -0.3 is 0 Å². The van der Waals surface area contributed by atoms with E-state index in [4.69, 9.17) is 0 Å². The van der Waals surface area contributed by atoms with Gasteiger partial charge >= 0.3 is 0 Å². The van der Waals surface area contributed by atoms with Crippen LogP contribution in [0.3, 0.4) is 0 Å². The molecule has 0 aliphatic carbocycles. The van der Waals surface area contributed by atoms with Crippen molar-refractivity contribution in [1.29, 1.82) is 0 Å². The van der Waals surface area contributed by atoms with Crippen LogP contribution in [0.1, 0.15) is 0 Å². The normalized spacial score (nSPS) is 13.9. The number of benzene rings is 1. The molecule has 1 aliphatic heterocycles. The first-order valence-electron chi connectivity index (χ1n) is 4.71. The molecule has 0 bridgehead atoms. The van der Waals surface area contributed by atoms with Gasteiger partial charge in [0.2, 0.25) is 0 Å². The van der Waals surface area contributed by atoms with E-state index in [1.54, 1.807) is 18.6 Å². The average Bonchev–Trinajstić information content (AvgIpc) is 2.50. The minimum absolute atomic E-state index is 0.669. The van der Waals surface area contributed by atoms with Crippen LogP contribution in [-0.2, 0) is 0 Å². The molecular weight excluding hydrogens is 188 g/mol. The molecule has 0 atom stereocenters. The third-order valence-electron chi connectivity index (χ3n) is 2.25. The second-order valence-electron chi connectivity index (χ2n) is 3.24. The Morgan fingerprint density at radius 1 is 0.933 bits per heavy atom. The molecule has 0 amide bonds. The summed E-state index contributed by atoms with van der Waals surface area (Å²) in [4.78, 5) is 17.2. The smallest absolute Gasteiger partial charge is 0.0909 e. The third kappa shape index (κ3) is 1.40. The van der Waals surface area contributed by atoms with Crippen LogP contribution in [0.5, 0.6) is 0 Å². The van der Waals surface area contributed by atoms with Gasteiger partial charge in [0.1, 0.15) is 0 Å². The van der Waals surface area contributed by atoms with Gasteiger partial charge in [-0.1, -0.05) is 0 Å². The van der Waals surface area contributed by atoms with Crippen molar-refractivity contribution < 1.29 is 0 Å². The van der Waals surface area contributed by atoms with Crippen LogP contribution in [-0.4, -0.2) is 16.5 Å². The molecule has 0 spiro atoms. The van der Waals surface area contributed by atoms with Crippen LogP contribution in [0.2, 0.25) is 0 Å². The number of nitrogens with zero attached hydrogens (tertiary/aromatic N) is 4. The van der Waals surface area contributed by atoms with Gasteiger partial charge in [0.25, 0.3) is 0 Å². The van der Waals surface area contributed by atoms with Gasteiger partial charge in [-0.2, -0.15) is 0 Å². The monoisotopic (exact) mass is 196 g/mol. The summed E-state index contributed by atoms with van der Waals surface area (Å²) < 4.78 is 0. The lowest BCUT2D eigenvalue weighted by Gasteiger charge is -1.94. The summed E-state index contributed by atoms with van der Waals surface area (Å²) in [6.07, 6.45) is 7.06. The third-order valence-corrected chi connectivity index (χ3v) is 2.25. The summed E-state index contributed by atoms with van der Waals surface area (Å²) >= 11 is 0. The number of hydrogen-bond donors (Lipinski definition) is 0. The molecule has 1 aromatic carbocycles. The van der Waals surface area contributed by atoms with E-state index >= 15 is 0 Å². The number of rotatable bonds is 0. The minimum atomic E-state index is 0.669. The van der Waals surface area contributed by atoms with E-state index in [9.17, 15) is 0 Å². The zero-order chi connectivity index (χ0) is 10.1. The van der Waals surface area contributed by atoms with Crippen molar-refractivity contribution in [2.45, 2.75) is 0 Å². The van der Waals surface area contributed by atoms with Crippen LogP contribution >= 0.6 is 0 Å². The summed E-state index contributed by atoms with van der Waals surface area (Å²) in [7, 11) is 0. The first-order chi connectivity index (χ1) is 7.43. The Balaban J connectivity index is 2.48. The maximum atomic E-state index is 4.39. The van der Waals surface area contributed by atoms with Gasteiger partial charge in [-0.05, 0) is 18.2 Å². The predicted octanol–water partition coefficient (Wildman–Crippen LogP) is 0.396. The second kappa shape index (κ2) is 3.24. The lowest BCUT2D eigenvalue weighted by molar-refractivity contribution is 1.13. The molecule has 0 radical (unpaired) electrons. The van der Waals surface area contributed by atoms with Gasteiger partial charge in [-0.25, -0.2) is 0 Å². The SMILES string of the molecule is C1=CN=c2cc3nccnc3cc2=NC1. The van der Waals surface area contributed by atoms with E-state index in [0.29, 0.717) is 6.54 Å². The molecular formula is C11H8N4. The second-order valence-corrected chi connectivity index (χ2v) is 3.24. The van der Waals surface area contributed by atoms with Gasteiger partial charge in [-0.15, -0.1) is 0 Å². The Bertz CT molecular complexity index is 658. The fraction of sp³-hybridized carbons (Fsp3) is 0.0909. The lowest BCUT2D eigenvalue weighted by Crippen LogP contribution is -2.24. The lowest BCUT2D eigenvalue weighted by atomic mass is 10.2. The van der Waals surface area contributed by atoms with Crippen molar-refractivity contribution in [3.63, 3.8) is 0 Å². The molecule has 4 nitrogen and oxygen atoms in total. The highest BCUT2D eigenvalue weighted by Gasteiger charge is 1.98. The van der Waals surface area contributed by atoms with E-state index in [2.05, 4.69) is 20.0 Å². The van der Waals surface area contributed by atoms with Gasteiger partial charge in [-0.3, -0.25) is 20.0 Å². The molecule has 1 aliphatic rings. The minimum Gasteiger partial charge on any atom is -0.279 e. The van der Waals surface area contributed by atoms with Crippen molar-refractivity contribution in [3.8, 4) is 0 Å². The summed E-state index contributed by atoms with van der Waals surface area (Å²) in [5, 5.41) is 1.74. The molecule has 2 aromatic rings. The topological polar surface area (TPSA) is 50.5 Å². The number of aromatic nitrogens is 2. The molecule has 72 valence electrons. The maximum absolute atomic E-state index is 4.39. The van der Waals surface area contributed by atoms with Crippen LogP contribution < -0.4 is 10.7 Å². The molecule has 0 fully saturated rings. The highest BCUT2D eigenvalue weighted by molar-refractivity contribution is 5.72. The van der Waals surface area contributed by atoms with Crippen molar-refractivity contribution in [2.24, 2.45) is 9.98 Å². The molecule has 0 N–H and O–H groups in total. The molecule has 15 heavy (non-hydrogen) atoms. The summed E-state index contributed by atoms with van der Waals surface area (Å²) in [6, 6.07) is 3.84. The Morgan fingerprint density at radius 3 is 2.47 bits per heavy atom. The predicted molar refractivity (Wildman–Crippen MR) is 55.9 cm³/mol. The zero-order valence-corrected chi connectivity index (χ0v) is 7.96. The number of hydrogen-bond acceptors (Lipinski definition) is 4. The molecule has 0 unspecified atom stereocenters. The van der Waals surface area contributed by atoms with Crippen molar-refractivity contribution >= 4 is 11.0 Å². The van der Waals surface area contributed by atoms with E-state index in [-0.39, 0.29) is 0 Å². The molecule has 3 rings (SSSR count). The Kier molecular flexibility index (Phi) is 1.78. The first kappa shape index (κ1) is 8.23. The van der Waals surface area contributed by atoms with Crippen LogP contribution in [0.25, 0.3) is 11.0 Å². The largest absolute Gasteiger partial charge is 0.279 e. The van der Waals surface area contributed by atoms with E-state index in [0.717, 1.165) is 21.7 Å². The van der Waals surface area contributed by atoms with E-state index < -0.39 is 0 Å².